The maximum absolute atomic E-state index is 5.53. The van der Waals surface area contributed by atoms with Crippen LogP contribution in [0.3, 0.4) is 0 Å². The van der Waals surface area contributed by atoms with Crippen LogP contribution < -0.4 is 10.6 Å². The van der Waals surface area contributed by atoms with E-state index in [4.69, 9.17) is 9.73 Å². The number of aliphatic imine (C=N–C) groups is 1. The fraction of sp³-hybridized carbons (Fsp3) is 0.765. The molecular weight excluding hydrogens is 417 g/mol. The fourth-order valence-electron chi connectivity index (χ4n) is 3.22. The van der Waals surface area contributed by atoms with Crippen molar-refractivity contribution in [3.63, 3.8) is 0 Å². The van der Waals surface area contributed by atoms with Crippen molar-refractivity contribution >= 4 is 29.9 Å². The number of aromatic nitrogens is 2. The molecule has 0 saturated heterocycles. The number of methoxy groups -OCH3 is 1. The third kappa shape index (κ3) is 4.22. The second-order valence-corrected chi connectivity index (χ2v) is 6.95. The summed E-state index contributed by atoms with van der Waals surface area (Å²) in [5.74, 6) is 0.864. The van der Waals surface area contributed by atoms with Crippen molar-refractivity contribution in [1.29, 1.82) is 0 Å². The molecule has 2 unspecified atom stereocenters. The number of nitrogens with zero attached hydrogens (tertiary/aromatic N) is 3. The van der Waals surface area contributed by atoms with Gasteiger partial charge in [0.2, 0.25) is 0 Å². The Morgan fingerprint density at radius 3 is 2.54 bits per heavy atom. The van der Waals surface area contributed by atoms with E-state index in [0.29, 0.717) is 18.7 Å². The monoisotopic (exact) mass is 449 g/mol. The summed E-state index contributed by atoms with van der Waals surface area (Å²) < 4.78 is 7.44. The van der Waals surface area contributed by atoms with Gasteiger partial charge in [-0.25, -0.2) is 4.99 Å². The van der Waals surface area contributed by atoms with Crippen LogP contribution in [-0.2, 0) is 18.3 Å². The van der Waals surface area contributed by atoms with Crippen LogP contribution in [0.15, 0.2) is 4.99 Å². The zero-order valence-corrected chi connectivity index (χ0v) is 18.3. The second kappa shape index (κ2) is 8.51. The summed E-state index contributed by atoms with van der Waals surface area (Å²) in [6.45, 7) is 12.2. The lowest BCUT2D eigenvalue weighted by Gasteiger charge is -2.51. The molecule has 138 valence electrons. The molecule has 7 heteroatoms. The highest BCUT2D eigenvalue weighted by atomic mass is 127. The summed E-state index contributed by atoms with van der Waals surface area (Å²) in [6.07, 6.45) is 1.32. The van der Waals surface area contributed by atoms with E-state index in [0.717, 1.165) is 24.6 Å². The van der Waals surface area contributed by atoms with E-state index < -0.39 is 0 Å². The Hall–Kier alpha value is -0.830. The summed E-state index contributed by atoms with van der Waals surface area (Å²) in [5.41, 5.74) is 3.54. The number of nitrogens with one attached hydrogen (secondary N) is 2. The SMILES string of the molecule is CCNC(=NCc1c(C)nn(C)c1C)NC1CC(OC)C1(C)C.I. The Labute approximate surface area is 162 Å². The Bertz CT molecular complexity index is 582. The Balaban J connectivity index is 0.00000288. The molecule has 2 N–H and O–H groups in total. The molecule has 0 amide bonds. The van der Waals surface area contributed by atoms with Gasteiger partial charge in [-0.15, -0.1) is 24.0 Å². The molecule has 1 heterocycles. The molecule has 1 aliphatic carbocycles. The topological polar surface area (TPSA) is 63.5 Å². The maximum atomic E-state index is 5.53. The van der Waals surface area contributed by atoms with Gasteiger partial charge in [-0.2, -0.15) is 5.10 Å². The number of halogens is 1. The molecule has 0 aliphatic heterocycles. The molecule has 0 spiro atoms. The number of ether oxygens (including phenoxy) is 1. The fourth-order valence-corrected chi connectivity index (χ4v) is 3.22. The predicted octanol–water partition coefficient (Wildman–Crippen LogP) is 2.52. The second-order valence-electron chi connectivity index (χ2n) is 6.95. The molecule has 0 aromatic carbocycles. The number of guanidine groups is 1. The van der Waals surface area contributed by atoms with E-state index in [2.05, 4.69) is 43.4 Å². The molecule has 6 nitrogen and oxygen atoms in total. The van der Waals surface area contributed by atoms with E-state index in [1.54, 1.807) is 7.11 Å². The highest BCUT2D eigenvalue weighted by Crippen LogP contribution is 2.42. The van der Waals surface area contributed by atoms with E-state index in [-0.39, 0.29) is 29.4 Å². The molecule has 24 heavy (non-hydrogen) atoms. The van der Waals surface area contributed by atoms with E-state index in [1.165, 1.54) is 11.3 Å². The number of aryl methyl sites for hydroxylation is 2. The molecule has 1 aliphatic rings. The van der Waals surface area contributed by atoms with Crippen LogP contribution in [0.1, 0.15) is 44.1 Å². The molecule has 1 fully saturated rings. The van der Waals surface area contributed by atoms with Crippen LogP contribution in [0, 0.1) is 19.3 Å². The van der Waals surface area contributed by atoms with Crippen molar-refractivity contribution in [3.05, 3.63) is 17.0 Å². The normalized spacial score (nSPS) is 22.5. The third-order valence-electron chi connectivity index (χ3n) is 5.17. The lowest BCUT2D eigenvalue weighted by atomic mass is 9.64. The molecule has 1 aromatic heterocycles. The van der Waals surface area contributed by atoms with Gasteiger partial charge in [-0.3, -0.25) is 4.68 Å². The van der Waals surface area contributed by atoms with Gasteiger partial charge in [0.25, 0.3) is 0 Å². The molecule has 0 bridgehead atoms. The zero-order valence-electron chi connectivity index (χ0n) is 15.9. The number of rotatable bonds is 5. The maximum Gasteiger partial charge on any atom is 0.191 e. The molecule has 1 aromatic rings. The van der Waals surface area contributed by atoms with Crippen LogP contribution in [-0.4, -0.2) is 41.5 Å². The Kier molecular flexibility index (Phi) is 7.52. The lowest BCUT2D eigenvalue weighted by molar-refractivity contribution is -0.0922. The van der Waals surface area contributed by atoms with Crippen molar-refractivity contribution in [2.45, 2.75) is 59.7 Å². The van der Waals surface area contributed by atoms with Gasteiger partial charge in [0, 0.05) is 43.4 Å². The minimum atomic E-state index is 0. The largest absolute Gasteiger partial charge is 0.381 e. The van der Waals surface area contributed by atoms with E-state index in [9.17, 15) is 0 Å². The molecule has 2 atom stereocenters. The van der Waals surface area contributed by atoms with Gasteiger partial charge in [-0.1, -0.05) is 13.8 Å². The molecule has 0 radical (unpaired) electrons. The summed E-state index contributed by atoms with van der Waals surface area (Å²) in [6, 6.07) is 0.376. The summed E-state index contributed by atoms with van der Waals surface area (Å²) in [5, 5.41) is 11.4. The average molecular weight is 449 g/mol. The minimum absolute atomic E-state index is 0. The first kappa shape index (κ1) is 21.2. The van der Waals surface area contributed by atoms with Gasteiger partial charge in [0.1, 0.15) is 0 Å². The first-order chi connectivity index (χ1) is 10.8. The van der Waals surface area contributed by atoms with Gasteiger partial charge >= 0.3 is 0 Å². The van der Waals surface area contributed by atoms with Crippen molar-refractivity contribution in [2.24, 2.45) is 17.5 Å². The predicted molar refractivity (Wildman–Crippen MR) is 109 cm³/mol. The highest BCUT2D eigenvalue weighted by Gasteiger charge is 2.48. The van der Waals surface area contributed by atoms with Gasteiger partial charge in [-0.05, 0) is 27.2 Å². The number of hydrogen-bond acceptors (Lipinski definition) is 3. The van der Waals surface area contributed by atoms with Gasteiger partial charge < -0.3 is 15.4 Å². The van der Waals surface area contributed by atoms with Crippen molar-refractivity contribution in [2.75, 3.05) is 13.7 Å². The Morgan fingerprint density at radius 2 is 2.08 bits per heavy atom. The van der Waals surface area contributed by atoms with E-state index in [1.807, 2.05) is 18.7 Å². The number of hydrogen-bond donors (Lipinski definition) is 2. The van der Waals surface area contributed by atoms with Gasteiger partial charge in [0.15, 0.2) is 5.96 Å². The van der Waals surface area contributed by atoms with Crippen LogP contribution >= 0.6 is 24.0 Å². The van der Waals surface area contributed by atoms with Crippen molar-refractivity contribution in [1.82, 2.24) is 20.4 Å². The van der Waals surface area contributed by atoms with Crippen LogP contribution in [0.5, 0.6) is 0 Å². The third-order valence-corrected chi connectivity index (χ3v) is 5.17. The first-order valence-corrected chi connectivity index (χ1v) is 8.37. The van der Waals surface area contributed by atoms with Crippen molar-refractivity contribution in [3.8, 4) is 0 Å². The standard InChI is InChI=1S/C17H31N5O.HI/c1-8-18-16(20-14-9-15(23-7)17(14,4)5)19-10-13-11(2)21-22(6)12(13)3;/h14-15H,8-10H2,1-7H3,(H2,18,19,20);1H. The van der Waals surface area contributed by atoms with Crippen molar-refractivity contribution < 1.29 is 4.74 Å². The molecule has 1 saturated carbocycles. The average Bonchev–Trinajstić information content (AvgIpc) is 2.73. The summed E-state index contributed by atoms with van der Waals surface area (Å²) in [4.78, 5) is 4.76. The van der Waals surface area contributed by atoms with Gasteiger partial charge in [0.05, 0.1) is 18.3 Å². The van der Waals surface area contributed by atoms with E-state index >= 15 is 0 Å². The highest BCUT2D eigenvalue weighted by molar-refractivity contribution is 14.0. The van der Waals surface area contributed by atoms with Crippen LogP contribution in [0.2, 0.25) is 0 Å². The molecule has 2 rings (SSSR count). The first-order valence-electron chi connectivity index (χ1n) is 8.37. The minimum Gasteiger partial charge on any atom is -0.381 e. The smallest absolute Gasteiger partial charge is 0.191 e. The van der Waals surface area contributed by atoms with Crippen LogP contribution in [0.25, 0.3) is 0 Å². The Morgan fingerprint density at radius 1 is 1.42 bits per heavy atom. The summed E-state index contributed by atoms with van der Waals surface area (Å²) in [7, 11) is 3.76. The quantitative estimate of drug-likeness (QED) is 0.412. The zero-order chi connectivity index (χ0) is 17.2. The molecular formula is C17H32IN5O. The van der Waals surface area contributed by atoms with Crippen LogP contribution in [0.4, 0.5) is 0 Å². The lowest BCUT2D eigenvalue weighted by Crippen LogP contribution is -2.63. The summed E-state index contributed by atoms with van der Waals surface area (Å²) >= 11 is 0.